The van der Waals surface area contributed by atoms with Crippen LogP contribution in [0.15, 0.2) is 6.33 Å². The monoisotopic (exact) mass is 304 g/mol. The Kier molecular flexibility index (Phi) is 4.40. The van der Waals surface area contributed by atoms with Crippen LogP contribution in [0.1, 0.15) is 30.2 Å². The number of rotatable bonds is 5. The van der Waals surface area contributed by atoms with Gasteiger partial charge in [0.25, 0.3) is 0 Å². The Morgan fingerprint density at radius 1 is 1.38 bits per heavy atom. The second-order valence-corrected chi connectivity index (χ2v) is 7.42. The lowest BCUT2D eigenvalue weighted by molar-refractivity contribution is 0.405. The first-order valence-electron chi connectivity index (χ1n) is 7.79. The number of aromatic nitrogens is 2. The van der Waals surface area contributed by atoms with Crippen molar-refractivity contribution in [3.05, 3.63) is 16.8 Å². The number of hydrogen-bond donors (Lipinski definition) is 1. The maximum absolute atomic E-state index is 4.50. The number of fused-ring (bicyclic) bond motifs is 3. The molecule has 0 aromatic carbocycles. The molecule has 0 saturated carbocycles. The zero-order valence-corrected chi connectivity index (χ0v) is 14.0. The number of anilines is 1. The van der Waals surface area contributed by atoms with Gasteiger partial charge in [-0.15, -0.1) is 11.3 Å². The minimum absolute atomic E-state index is 0.775. The van der Waals surface area contributed by atoms with Crippen LogP contribution >= 0.6 is 11.3 Å². The van der Waals surface area contributed by atoms with Crippen LogP contribution in [0.25, 0.3) is 10.2 Å². The molecule has 1 atom stereocenters. The Hall–Kier alpha value is -1.20. The van der Waals surface area contributed by atoms with Gasteiger partial charge in [-0.1, -0.05) is 6.92 Å². The standard InChI is InChI=1S/C16H24N4S/c1-11-5-6-13-12(9-11)14-15(17-7-4-8-20(2)3)18-10-19-16(14)21-13/h10-11H,4-9H2,1-3H3,(H,17,18,19). The van der Waals surface area contributed by atoms with E-state index < -0.39 is 0 Å². The molecule has 0 radical (unpaired) electrons. The summed E-state index contributed by atoms with van der Waals surface area (Å²) in [6, 6.07) is 0. The van der Waals surface area contributed by atoms with Gasteiger partial charge in [-0.25, -0.2) is 9.97 Å². The van der Waals surface area contributed by atoms with E-state index in [1.165, 1.54) is 35.1 Å². The smallest absolute Gasteiger partial charge is 0.138 e. The zero-order valence-electron chi connectivity index (χ0n) is 13.1. The molecule has 1 aliphatic carbocycles. The predicted octanol–water partition coefficient (Wildman–Crippen LogP) is 3.18. The minimum Gasteiger partial charge on any atom is -0.369 e. The van der Waals surface area contributed by atoms with Gasteiger partial charge in [0.05, 0.1) is 5.39 Å². The van der Waals surface area contributed by atoms with Crippen molar-refractivity contribution >= 4 is 27.4 Å². The van der Waals surface area contributed by atoms with Crippen molar-refractivity contribution in [2.24, 2.45) is 5.92 Å². The third-order valence-corrected chi connectivity index (χ3v) is 5.36. The molecule has 21 heavy (non-hydrogen) atoms. The Bertz CT molecular complexity index is 620. The number of nitrogens with one attached hydrogen (secondary N) is 1. The van der Waals surface area contributed by atoms with Crippen molar-refractivity contribution in [1.29, 1.82) is 0 Å². The summed E-state index contributed by atoms with van der Waals surface area (Å²) in [7, 11) is 4.22. The Balaban J connectivity index is 1.83. The second-order valence-electron chi connectivity index (χ2n) is 6.34. The van der Waals surface area contributed by atoms with Gasteiger partial charge >= 0.3 is 0 Å². The highest BCUT2D eigenvalue weighted by atomic mass is 32.1. The summed E-state index contributed by atoms with van der Waals surface area (Å²) in [6.45, 7) is 4.41. The van der Waals surface area contributed by atoms with E-state index in [-0.39, 0.29) is 0 Å². The van der Waals surface area contributed by atoms with Gasteiger partial charge < -0.3 is 10.2 Å². The SMILES string of the molecule is CC1CCc2sc3ncnc(NCCCN(C)C)c3c2C1. The van der Waals surface area contributed by atoms with E-state index in [1.54, 1.807) is 6.33 Å². The quantitative estimate of drug-likeness (QED) is 0.861. The second kappa shape index (κ2) is 6.28. The van der Waals surface area contributed by atoms with E-state index in [4.69, 9.17) is 0 Å². The fourth-order valence-corrected chi connectivity index (χ4v) is 4.20. The molecule has 1 aliphatic rings. The molecule has 2 aromatic rings. The normalized spacial score (nSPS) is 18.2. The number of hydrogen-bond acceptors (Lipinski definition) is 5. The number of nitrogens with zero attached hydrogens (tertiary/aromatic N) is 3. The molecule has 0 fully saturated rings. The van der Waals surface area contributed by atoms with Crippen molar-refractivity contribution in [3.63, 3.8) is 0 Å². The summed E-state index contributed by atoms with van der Waals surface area (Å²) in [5.74, 6) is 1.81. The third kappa shape index (κ3) is 3.19. The molecule has 2 aromatic heterocycles. The zero-order chi connectivity index (χ0) is 14.8. The van der Waals surface area contributed by atoms with E-state index in [0.29, 0.717) is 0 Å². The van der Waals surface area contributed by atoms with Gasteiger partial charge in [-0.3, -0.25) is 0 Å². The van der Waals surface area contributed by atoms with Crippen molar-refractivity contribution < 1.29 is 0 Å². The van der Waals surface area contributed by atoms with Crippen LogP contribution in [0.2, 0.25) is 0 Å². The lowest BCUT2D eigenvalue weighted by atomic mass is 9.88. The van der Waals surface area contributed by atoms with Gasteiger partial charge in [0.2, 0.25) is 0 Å². The summed E-state index contributed by atoms with van der Waals surface area (Å²) in [4.78, 5) is 13.9. The van der Waals surface area contributed by atoms with E-state index >= 15 is 0 Å². The Morgan fingerprint density at radius 3 is 3.05 bits per heavy atom. The molecular weight excluding hydrogens is 280 g/mol. The maximum Gasteiger partial charge on any atom is 0.138 e. The van der Waals surface area contributed by atoms with Crippen LogP contribution in [0.3, 0.4) is 0 Å². The van der Waals surface area contributed by atoms with Crippen LogP contribution in [-0.4, -0.2) is 42.1 Å². The van der Waals surface area contributed by atoms with Gasteiger partial charge in [0, 0.05) is 11.4 Å². The van der Waals surface area contributed by atoms with Crippen LogP contribution in [0, 0.1) is 5.92 Å². The van der Waals surface area contributed by atoms with Crippen molar-refractivity contribution in [3.8, 4) is 0 Å². The van der Waals surface area contributed by atoms with Gasteiger partial charge in [-0.05, 0) is 57.8 Å². The summed E-state index contributed by atoms with van der Waals surface area (Å²) in [5.41, 5.74) is 1.50. The summed E-state index contributed by atoms with van der Waals surface area (Å²) >= 11 is 1.86. The van der Waals surface area contributed by atoms with E-state index in [0.717, 1.165) is 36.1 Å². The van der Waals surface area contributed by atoms with Crippen LogP contribution in [0.4, 0.5) is 5.82 Å². The molecule has 3 rings (SSSR count). The van der Waals surface area contributed by atoms with Crippen molar-refractivity contribution in [1.82, 2.24) is 14.9 Å². The number of thiophene rings is 1. The largest absolute Gasteiger partial charge is 0.369 e. The highest BCUT2D eigenvalue weighted by molar-refractivity contribution is 7.19. The molecule has 0 spiro atoms. The van der Waals surface area contributed by atoms with Crippen LogP contribution in [-0.2, 0) is 12.8 Å². The average molecular weight is 304 g/mol. The molecule has 0 saturated heterocycles. The van der Waals surface area contributed by atoms with Crippen LogP contribution < -0.4 is 5.32 Å². The van der Waals surface area contributed by atoms with E-state index in [9.17, 15) is 0 Å². The summed E-state index contributed by atoms with van der Waals surface area (Å²) in [5, 5.41) is 4.81. The Labute approximate surface area is 130 Å². The highest BCUT2D eigenvalue weighted by Gasteiger charge is 2.22. The lowest BCUT2D eigenvalue weighted by Crippen LogP contribution is -2.17. The first kappa shape index (κ1) is 14.7. The molecule has 4 nitrogen and oxygen atoms in total. The molecule has 114 valence electrons. The predicted molar refractivity (Wildman–Crippen MR) is 90.3 cm³/mol. The maximum atomic E-state index is 4.50. The van der Waals surface area contributed by atoms with E-state index in [2.05, 4.69) is 41.2 Å². The summed E-state index contributed by atoms with van der Waals surface area (Å²) < 4.78 is 0. The third-order valence-electron chi connectivity index (χ3n) is 4.16. The lowest BCUT2D eigenvalue weighted by Gasteiger charge is -2.18. The van der Waals surface area contributed by atoms with Crippen molar-refractivity contribution in [2.75, 3.05) is 32.5 Å². The van der Waals surface area contributed by atoms with Crippen LogP contribution in [0.5, 0.6) is 0 Å². The fraction of sp³-hybridized carbons (Fsp3) is 0.625. The van der Waals surface area contributed by atoms with Crippen molar-refractivity contribution in [2.45, 2.75) is 32.6 Å². The Morgan fingerprint density at radius 2 is 2.24 bits per heavy atom. The molecule has 0 aliphatic heterocycles. The van der Waals surface area contributed by atoms with E-state index in [1.807, 2.05) is 11.3 Å². The van der Waals surface area contributed by atoms with Gasteiger partial charge in [0.15, 0.2) is 0 Å². The molecule has 5 heteroatoms. The number of aryl methyl sites for hydroxylation is 1. The molecule has 0 amide bonds. The molecule has 1 unspecified atom stereocenters. The average Bonchev–Trinajstić information content (AvgIpc) is 2.82. The van der Waals surface area contributed by atoms with Gasteiger partial charge in [-0.2, -0.15) is 0 Å². The highest BCUT2D eigenvalue weighted by Crippen LogP contribution is 2.39. The molecule has 0 bridgehead atoms. The first-order valence-corrected chi connectivity index (χ1v) is 8.60. The minimum atomic E-state index is 0.775. The summed E-state index contributed by atoms with van der Waals surface area (Å²) in [6.07, 6.45) is 6.51. The molecule has 1 N–H and O–H groups in total. The fourth-order valence-electron chi connectivity index (χ4n) is 3.02. The molecular formula is C16H24N4S. The topological polar surface area (TPSA) is 41.1 Å². The van der Waals surface area contributed by atoms with Gasteiger partial charge in [0.1, 0.15) is 17.0 Å². The first-order chi connectivity index (χ1) is 10.1. The molecule has 2 heterocycles.